The molecule has 0 saturated carbocycles. The highest BCUT2D eigenvalue weighted by Crippen LogP contribution is 2.46. The van der Waals surface area contributed by atoms with Gasteiger partial charge in [0.2, 0.25) is 0 Å². The van der Waals surface area contributed by atoms with Gasteiger partial charge in [-0.3, -0.25) is 4.68 Å². The van der Waals surface area contributed by atoms with Crippen LogP contribution in [0.2, 0.25) is 0 Å². The van der Waals surface area contributed by atoms with Crippen molar-refractivity contribution in [3.05, 3.63) is 53.3 Å². The van der Waals surface area contributed by atoms with Crippen molar-refractivity contribution in [2.45, 2.75) is 30.6 Å². The molecule has 0 atom stereocenters. The Morgan fingerprint density at radius 3 is 2.61 bits per heavy atom. The van der Waals surface area contributed by atoms with Gasteiger partial charge in [0.25, 0.3) is 0 Å². The van der Waals surface area contributed by atoms with E-state index in [9.17, 15) is 0 Å². The summed E-state index contributed by atoms with van der Waals surface area (Å²) < 4.78 is 13.6. The Hall–Kier alpha value is -2.86. The Morgan fingerprint density at radius 1 is 1.14 bits per heavy atom. The van der Waals surface area contributed by atoms with E-state index in [0.717, 1.165) is 49.0 Å². The number of nitrogens with zero attached hydrogens (tertiary/aromatic N) is 2. The number of hydrogen-bond acceptors (Lipinski definition) is 5. The fourth-order valence-corrected chi connectivity index (χ4v) is 4.43. The van der Waals surface area contributed by atoms with Crippen LogP contribution in [0.3, 0.4) is 0 Å². The fraction of sp³-hybridized carbons (Fsp3) is 0.227. The summed E-state index contributed by atoms with van der Waals surface area (Å²) in [4.78, 5) is 2.12. The number of benzene rings is 2. The number of nitrogens with two attached hydrogens (primary N) is 1. The zero-order valence-corrected chi connectivity index (χ0v) is 17.5. The molecule has 144 valence electrons. The van der Waals surface area contributed by atoms with Gasteiger partial charge in [-0.1, -0.05) is 17.8 Å². The predicted octanol–water partition coefficient (Wildman–Crippen LogP) is 5.50. The second kappa shape index (κ2) is 6.95. The van der Waals surface area contributed by atoms with E-state index >= 15 is 0 Å². The number of fused-ring (bicyclic) bond motifs is 1. The molecule has 28 heavy (non-hydrogen) atoms. The van der Waals surface area contributed by atoms with Crippen LogP contribution in [-0.4, -0.2) is 16.9 Å². The molecular weight excluding hydrogens is 370 g/mol. The van der Waals surface area contributed by atoms with Gasteiger partial charge in [0, 0.05) is 23.5 Å². The summed E-state index contributed by atoms with van der Waals surface area (Å²) in [5.41, 5.74) is 12.0. The van der Waals surface area contributed by atoms with Crippen LogP contribution in [-0.2, 0) is 7.05 Å². The largest absolute Gasteiger partial charge is 0.496 e. The lowest BCUT2D eigenvalue weighted by atomic mass is 10.1. The van der Waals surface area contributed by atoms with Crippen LogP contribution in [0.1, 0.15) is 16.7 Å². The molecule has 0 saturated heterocycles. The van der Waals surface area contributed by atoms with Gasteiger partial charge in [-0.2, -0.15) is 5.10 Å². The molecule has 0 spiro atoms. The van der Waals surface area contributed by atoms with Crippen molar-refractivity contribution in [2.24, 2.45) is 7.05 Å². The van der Waals surface area contributed by atoms with Crippen LogP contribution < -0.4 is 10.5 Å². The van der Waals surface area contributed by atoms with Crippen LogP contribution in [0.5, 0.6) is 5.75 Å². The highest BCUT2D eigenvalue weighted by atomic mass is 32.2. The highest BCUT2D eigenvalue weighted by Gasteiger charge is 2.21. The maximum absolute atomic E-state index is 6.32. The molecule has 4 rings (SSSR count). The first kappa shape index (κ1) is 18.5. The normalized spacial score (nSPS) is 11.3. The van der Waals surface area contributed by atoms with E-state index in [-0.39, 0.29) is 0 Å². The van der Waals surface area contributed by atoms with Gasteiger partial charge >= 0.3 is 0 Å². The van der Waals surface area contributed by atoms with Crippen molar-refractivity contribution < 1.29 is 9.15 Å². The van der Waals surface area contributed by atoms with Crippen LogP contribution >= 0.6 is 11.8 Å². The molecule has 0 fully saturated rings. The number of aryl methyl sites for hydroxylation is 3. The third-order valence-electron chi connectivity index (χ3n) is 5.07. The van der Waals surface area contributed by atoms with Gasteiger partial charge in [0.05, 0.1) is 29.5 Å². The molecule has 0 unspecified atom stereocenters. The molecule has 4 aromatic rings. The minimum atomic E-state index is 0.673. The van der Waals surface area contributed by atoms with E-state index in [4.69, 9.17) is 14.9 Å². The molecule has 2 heterocycles. The number of ether oxygens (including phenoxy) is 1. The molecule has 0 amide bonds. The maximum Gasteiger partial charge on any atom is 0.159 e. The molecule has 6 heteroatoms. The Kier molecular flexibility index (Phi) is 4.59. The van der Waals surface area contributed by atoms with Crippen molar-refractivity contribution in [2.75, 3.05) is 12.8 Å². The number of methoxy groups -OCH3 is 1. The zero-order chi connectivity index (χ0) is 20.0. The lowest BCUT2D eigenvalue weighted by molar-refractivity contribution is 0.410. The molecule has 0 bridgehead atoms. The van der Waals surface area contributed by atoms with Crippen LogP contribution in [0.4, 0.5) is 5.69 Å². The summed E-state index contributed by atoms with van der Waals surface area (Å²) in [6.07, 6.45) is 3.76. The lowest BCUT2D eigenvalue weighted by Gasteiger charge is -2.11. The van der Waals surface area contributed by atoms with Crippen molar-refractivity contribution in [1.29, 1.82) is 0 Å². The second-order valence-corrected chi connectivity index (χ2v) is 8.09. The first-order valence-electron chi connectivity index (χ1n) is 9.02. The topological polar surface area (TPSA) is 66.2 Å². The van der Waals surface area contributed by atoms with Crippen LogP contribution in [0.15, 0.2) is 50.9 Å². The monoisotopic (exact) mass is 393 g/mol. The Balaban J connectivity index is 1.92. The first-order chi connectivity index (χ1) is 13.4. The molecule has 0 radical (unpaired) electrons. The number of furan rings is 1. The zero-order valence-electron chi connectivity index (χ0n) is 16.7. The molecule has 2 N–H and O–H groups in total. The van der Waals surface area contributed by atoms with E-state index in [1.54, 1.807) is 23.6 Å². The SMILES string of the molecule is COc1cc(Sc2c(-c3cnn(C)c3)oc3c(N)c(C)ccc23)cc(C)c1C. The van der Waals surface area contributed by atoms with Crippen molar-refractivity contribution >= 4 is 28.4 Å². The summed E-state index contributed by atoms with van der Waals surface area (Å²) in [5.74, 6) is 1.66. The van der Waals surface area contributed by atoms with Gasteiger partial charge in [0.1, 0.15) is 5.75 Å². The molecule has 2 aromatic carbocycles. The lowest BCUT2D eigenvalue weighted by Crippen LogP contribution is -1.91. The maximum atomic E-state index is 6.32. The number of hydrogen-bond donors (Lipinski definition) is 1. The predicted molar refractivity (Wildman–Crippen MR) is 114 cm³/mol. The minimum Gasteiger partial charge on any atom is -0.496 e. The van der Waals surface area contributed by atoms with Crippen molar-refractivity contribution in [3.8, 4) is 17.1 Å². The Bertz CT molecular complexity index is 1190. The average Bonchev–Trinajstić information content (AvgIpc) is 3.25. The van der Waals surface area contributed by atoms with Gasteiger partial charge < -0.3 is 14.9 Å². The third kappa shape index (κ3) is 3.03. The summed E-state index contributed by atoms with van der Waals surface area (Å²) in [7, 11) is 3.60. The average molecular weight is 394 g/mol. The summed E-state index contributed by atoms with van der Waals surface area (Å²) >= 11 is 1.66. The molecule has 2 aromatic heterocycles. The number of nitrogen functional groups attached to an aromatic ring is 1. The summed E-state index contributed by atoms with van der Waals surface area (Å²) in [6, 6.07) is 8.35. The van der Waals surface area contributed by atoms with Crippen molar-refractivity contribution in [1.82, 2.24) is 9.78 Å². The van der Waals surface area contributed by atoms with Crippen molar-refractivity contribution in [3.63, 3.8) is 0 Å². The molecule has 5 nitrogen and oxygen atoms in total. The minimum absolute atomic E-state index is 0.673. The molecule has 0 aliphatic rings. The molecule has 0 aliphatic heterocycles. The van der Waals surface area contributed by atoms with Crippen LogP contribution in [0, 0.1) is 20.8 Å². The first-order valence-corrected chi connectivity index (χ1v) is 9.84. The van der Waals surface area contributed by atoms with E-state index in [1.165, 1.54) is 5.56 Å². The van der Waals surface area contributed by atoms with E-state index < -0.39 is 0 Å². The van der Waals surface area contributed by atoms with Gasteiger partial charge in [0.15, 0.2) is 11.3 Å². The van der Waals surface area contributed by atoms with Gasteiger partial charge in [-0.15, -0.1) is 0 Å². The second-order valence-electron chi connectivity index (χ2n) is 7.01. The molecular formula is C22H23N3O2S. The number of rotatable bonds is 4. The van der Waals surface area contributed by atoms with E-state index in [2.05, 4.69) is 37.1 Å². The summed E-state index contributed by atoms with van der Waals surface area (Å²) in [6.45, 7) is 6.15. The quantitative estimate of drug-likeness (QED) is 0.464. The number of aromatic nitrogens is 2. The Morgan fingerprint density at radius 2 is 1.93 bits per heavy atom. The summed E-state index contributed by atoms with van der Waals surface area (Å²) in [5, 5.41) is 5.30. The number of anilines is 1. The van der Waals surface area contributed by atoms with E-state index in [0.29, 0.717) is 5.69 Å². The molecule has 0 aliphatic carbocycles. The van der Waals surface area contributed by atoms with Gasteiger partial charge in [-0.25, -0.2) is 0 Å². The van der Waals surface area contributed by atoms with E-state index in [1.807, 2.05) is 32.4 Å². The fourth-order valence-electron chi connectivity index (χ4n) is 3.27. The Labute approximate surface area is 168 Å². The standard InChI is InChI=1S/C22H23N3O2S/c1-12-6-7-17-21(19(12)23)27-20(15-10-24-25(4)11-15)22(17)28-16-8-13(2)14(3)18(9-16)26-5/h6-11H,23H2,1-5H3. The highest BCUT2D eigenvalue weighted by molar-refractivity contribution is 7.99. The van der Waals surface area contributed by atoms with Gasteiger partial charge in [-0.05, 0) is 55.7 Å². The smallest absolute Gasteiger partial charge is 0.159 e. The van der Waals surface area contributed by atoms with Crippen LogP contribution in [0.25, 0.3) is 22.3 Å². The third-order valence-corrected chi connectivity index (χ3v) is 6.15.